The van der Waals surface area contributed by atoms with Gasteiger partial charge in [-0.3, -0.25) is 0 Å². The molecule has 1 aromatic heterocycles. The van der Waals surface area contributed by atoms with Crippen LogP contribution in [0.25, 0.3) is 0 Å². The minimum atomic E-state index is 0.484. The number of hydrogen-bond donors (Lipinski definition) is 0. The number of aromatic nitrogens is 2. The van der Waals surface area contributed by atoms with Crippen molar-refractivity contribution in [2.75, 3.05) is 0 Å². The van der Waals surface area contributed by atoms with Gasteiger partial charge >= 0.3 is 0 Å². The smallest absolute Gasteiger partial charge is 0.217 e. The topological polar surface area (TPSA) is 52.2 Å². The van der Waals surface area contributed by atoms with Crippen molar-refractivity contribution in [2.24, 2.45) is 12.2 Å². The molecule has 0 atom stereocenters. The zero-order chi connectivity index (χ0) is 7.56. The molecule has 0 aliphatic rings. The molecule has 0 fully saturated rings. The summed E-state index contributed by atoms with van der Waals surface area (Å²) in [5, 5.41) is 12.8. The molecule has 10 heavy (non-hydrogen) atoms. The Balaban J connectivity index is 2.95. The second kappa shape index (κ2) is 2.74. The highest BCUT2D eigenvalue weighted by Crippen LogP contribution is 2.01. The van der Waals surface area contributed by atoms with E-state index in [4.69, 9.17) is 0 Å². The Morgan fingerprint density at radius 2 is 2.60 bits per heavy atom. The first-order valence-electron chi connectivity index (χ1n) is 2.74. The molecule has 0 unspecified atom stereocenters. The standard InChI is InChI=1S/C5H7N3OS/c1-4(6-9)5-3-8(2)7-10-5/h3H,1-2H3/b6-4-. The van der Waals surface area contributed by atoms with Crippen LogP contribution < -0.4 is 4.68 Å². The van der Waals surface area contributed by atoms with Crippen molar-refractivity contribution in [1.82, 2.24) is 4.49 Å². The zero-order valence-electron chi connectivity index (χ0n) is 5.74. The average Bonchev–Trinajstić information content (AvgIpc) is 2.34. The molecule has 1 aromatic rings. The minimum Gasteiger partial charge on any atom is -0.792 e. The van der Waals surface area contributed by atoms with Crippen molar-refractivity contribution < 1.29 is 4.68 Å². The molecule has 0 aliphatic heterocycles. The minimum absolute atomic E-state index is 0.484. The highest BCUT2D eigenvalue weighted by molar-refractivity contribution is 7.07. The van der Waals surface area contributed by atoms with Gasteiger partial charge in [0, 0.05) is 11.5 Å². The Labute approximate surface area is 62.6 Å². The lowest BCUT2D eigenvalue weighted by atomic mass is 10.4. The van der Waals surface area contributed by atoms with Crippen molar-refractivity contribution in [3.8, 4) is 0 Å². The molecule has 0 radical (unpaired) electrons. The lowest BCUT2D eigenvalue weighted by Gasteiger charge is -1.93. The van der Waals surface area contributed by atoms with Crippen LogP contribution in [0.3, 0.4) is 0 Å². The lowest BCUT2D eigenvalue weighted by molar-refractivity contribution is -0.722. The third-order valence-corrected chi connectivity index (χ3v) is 2.00. The van der Waals surface area contributed by atoms with Crippen molar-refractivity contribution >= 4 is 17.2 Å². The van der Waals surface area contributed by atoms with Crippen LogP contribution in [-0.4, -0.2) is 10.2 Å². The van der Waals surface area contributed by atoms with Crippen LogP contribution >= 0.6 is 11.5 Å². The number of rotatable bonds is 1. The fourth-order valence-electron chi connectivity index (χ4n) is 0.530. The van der Waals surface area contributed by atoms with Gasteiger partial charge in [-0.15, -0.1) is 0 Å². The summed E-state index contributed by atoms with van der Waals surface area (Å²) < 4.78 is 5.57. The van der Waals surface area contributed by atoms with E-state index in [1.165, 1.54) is 11.5 Å². The van der Waals surface area contributed by atoms with Crippen molar-refractivity contribution in [1.29, 1.82) is 0 Å². The highest BCUT2D eigenvalue weighted by atomic mass is 32.1. The average molecular weight is 157 g/mol. The third kappa shape index (κ3) is 1.30. The predicted octanol–water partition coefficient (Wildman–Crippen LogP) is 0.274. The van der Waals surface area contributed by atoms with Crippen molar-refractivity contribution in [3.05, 3.63) is 16.3 Å². The quantitative estimate of drug-likeness (QED) is 0.334. The molecule has 0 N–H and O–H groups in total. The molecule has 0 saturated carbocycles. The maximum Gasteiger partial charge on any atom is 0.217 e. The molecule has 0 aromatic carbocycles. The Hall–Kier alpha value is -0.970. The van der Waals surface area contributed by atoms with Crippen LogP contribution in [0.1, 0.15) is 11.8 Å². The second-order valence-corrected chi connectivity index (χ2v) is 2.70. The normalized spacial score (nSPS) is 12.0. The van der Waals surface area contributed by atoms with Gasteiger partial charge in [0.15, 0.2) is 7.05 Å². The summed E-state index contributed by atoms with van der Waals surface area (Å²) in [6.45, 7) is 1.67. The summed E-state index contributed by atoms with van der Waals surface area (Å²) in [4.78, 5) is 0.817. The third-order valence-electron chi connectivity index (χ3n) is 1.07. The van der Waals surface area contributed by atoms with E-state index in [0.717, 1.165) is 4.88 Å². The number of aryl methyl sites for hydroxylation is 1. The van der Waals surface area contributed by atoms with Gasteiger partial charge in [0.05, 0.1) is 10.2 Å². The summed E-state index contributed by atoms with van der Waals surface area (Å²) in [6, 6.07) is 0. The van der Waals surface area contributed by atoms with Crippen molar-refractivity contribution in [3.63, 3.8) is 0 Å². The Morgan fingerprint density at radius 1 is 1.90 bits per heavy atom. The van der Waals surface area contributed by atoms with Crippen LogP contribution in [0.2, 0.25) is 0 Å². The molecule has 0 spiro atoms. The van der Waals surface area contributed by atoms with Crippen LogP contribution in [0.15, 0.2) is 11.4 Å². The van der Waals surface area contributed by atoms with Gasteiger partial charge in [0.2, 0.25) is 6.20 Å². The molecule has 1 rings (SSSR count). The van der Waals surface area contributed by atoms with E-state index in [1.54, 1.807) is 24.9 Å². The van der Waals surface area contributed by atoms with Gasteiger partial charge in [0.1, 0.15) is 4.88 Å². The van der Waals surface area contributed by atoms with Crippen LogP contribution in [0.5, 0.6) is 0 Å². The largest absolute Gasteiger partial charge is 0.792 e. The summed E-state index contributed by atoms with van der Waals surface area (Å²) in [7, 11) is 1.80. The summed E-state index contributed by atoms with van der Waals surface area (Å²) in [6.07, 6.45) is 1.77. The number of hydrogen-bond acceptors (Lipinski definition) is 4. The lowest BCUT2D eigenvalue weighted by Crippen LogP contribution is -2.27. The Morgan fingerprint density at radius 3 is 3.00 bits per heavy atom. The molecule has 54 valence electrons. The summed E-state index contributed by atoms with van der Waals surface area (Å²) >= 11 is 1.26. The van der Waals surface area contributed by atoms with Gasteiger partial charge in [0.25, 0.3) is 0 Å². The Kier molecular flexibility index (Phi) is 1.96. The molecule has 0 bridgehead atoms. The van der Waals surface area contributed by atoms with E-state index in [2.05, 4.69) is 9.64 Å². The molecule has 0 amide bonds. The van der Waals surface area contributed by atoms with E-state index in [1.807, 2.05) is 0 Å². The fourth-order valence-corrected chi connectivity index (χ4v) is 1.16. The zero-order valence-corrected chi connectivity index (χ0v) is 6.55. The highest BCUT2D eigenvalue weighted by Gasteiger charge is 2.05. The van der Waals surface area contributed by atoms with Gasteiger partial charge in [-0.2, -0.15) is 0 Å². The van der Waals surface area contributed by atoms with Gasteiger partial charge in [-0.25, -0.2) is 0 Å². The molecule has 0 saturated heterocycles. The predicted molar refractivity (Wildman–Crippen MR) is 38.9 cm³/mol. The van der Waals surface area contributed by atoms with Crippen LogP contribution in [0.4, 0.5) is 0 Å². The second-order valence-electron chi connectivity index (χ2n) is 1.92. The molecular weight excluding hydrogens is 150 g/mol. The summed E-state index contributed by atoms with van der Waals surface area (Å²) in [5.74, 6) is 0. The van der Waals surface area contributed by atoms with Crippen LogP contribution in [-0.2, 0) is 7.05 Å². The van der Waals surface area contributed by atoms with E-state index in [9.17, 15) is 5.21 Å². The maximum atomic E-state index is 10.00. The fraction of sp³-hybridized carbons (Fsp3) is 0.400. The molecular formula is C5H7N3OS. The monoisotopic (exact) mass is 157 g/mol. The first-order chi connectivity index (χ1) is 4.74. The van der Waals surface area contributed by atoms with E-state index < -0.39 is 0 Å². The van der Waals surface area contributed by atoms with Crippen molar-refractivity contribution in [2.45, 2.75) is 6.92 Å². The van der Waals surface area contributed by atoms with E-state index in [-0.39, 0.29) is 0 Å². The van der Waals surface area contributed by atoms with Crippen LogP contribution in [0, 0.1) is 5.21 Å². The molecule has 0 aliphatic carbocycles. The first-order valence-corrected chi connectivity index (χ1v) is 3.51. The molecule has 4 nitrogen and oxygen atoms in total. The van der Waals surface area contributed by atoms with E-state index >= 15 is 0 Å². The Bertz CT molecular complexity index is 255. The van der Waals surface area contributed by atoms with E-state index in [0.29, 0.717) is 5.71 Å². The number of nitrogens with zero attached hydrogens (tertiary/aromatic N) is 3. The molecule has 5 heteroatoms. The molecule has 1 heterocycles. The maximum absolute atomic E-state index is 10.00. The van der Waals surface area contributed by atoms with Gasteiger partial charge in [-0.1, -0.05) is 4.68 Å². The first kappa shape index (κ1) is 7.14. The summed E-state index contributed by atoms with van der Waals surface area (Å²) in [5.41, 5.74) is 0.484. The van der Waals surface area contributed by atoms with Gasteiger partial charge in [-0.05, 0) is 6.92 Å². The van der Waals surface area contributed by atoms with Gasteiger partial charge < -0.3 is 10.4 Å². The SMILES string of the molecule is C/C(=N/[O-])c1c[n+](C)ns1.